The zero-order valence-corrected chi connectivity index (χ0v) is 13.8. The third kappa shape index (κ3) is 4.29. The summed E-state index contributed by atoms with van der Waals surface area (Å²) in [7, 11) is 3.83. The van der Waals surface area contributed by atoms with E-state index in [1.165, 1.54) is 36.9 Å². The van der Waals surface area contributed by atoms with E-state index in [0.717, 1.165) is 13.1 Å². The first-order chi connectivity index (χ1) is 10.3. The van der Waals surface area contributed by atoms with E-state index in [1.54, 1.807) is 7.11 Å². The fourth-order valence-electron chi connectivity index (χ4n) is 3.66. The Morgan fingerprint density at radius 3 is 2.90 bits per heavy atom. The number of benzene rings is 1. The van der Waals surface area contributed by atoms with E-state index in [-0.39, 0.29) is 0 Å². The molecule has 2 rings (SSSR count). The average molecular weight is 290 g/mol. The van der Waals surface area contributed by atoms with Gasteiger partial charge in [0.15, 0.2) is 0 Å². The summed E-state index contributed by atoms with van der Waals surface area (Å²) in [6.45, 7) is 6.42. The van der Waals surface area contributed by atoms with Gasteiger partial charge in [-0.1, -0.05) is 37.6 Å². The molecule has 0 bridgehead atoms. The largest absolute Gasteiger partial charge is 0.380 e. The molecule has 1 aromatic rings. The zero-order valence-electron chi connectivity index (χ0n) is 13.8. The van der Waals surface area contributed by atoms with E-state index in [0.29, 0.717) is 18.6 Å². The minimum atomic E-state index is 0.529. The van der Waals surface area contributed by atoms with E-state index in [9.17, 15) is 0 Å². The molecule has 0 aliphatic carbocycles. The fourth-order valence-corrected chi connectivity index (χ4v) is 3.66. The van der Waals surface area contributed by atoms with Gasteiger partial charge in [0.05, 0.1) is 6.61 Å². The summed E-state index contributed by atoms with van der Waals surface area (Å²) in [5.41, 5.74) is 2.73. The molecule has 0 radical (unpaired) electrons. The summed E-state index contributed by atoms with van der Waals surface area (Å²) in [6, 6.07) is 9.50. The highest BCUT2D eigenvalue weighted by Gasteiger charge is 2.29. The third-order valence-electron chi connectivity index (χ3n) is 4.59. The van der Waals surface area contributed by atoms with Gasteiger partial charge in [0.1, 0.15) is 0 Å². The summed E-state index contributed by atoms with van der Waals surface area (Å²) < 4.78 is 5.30. The molecule has 3 heteroatoms. The van der Waals surface area contributed by atoms with Crippen molar-refractivity contribution in [2.24, 2.45) is 5.92 Å². The molecule has 1 fully saturated rings. The molecule has 1 saturated heterocycles. The van der Waals surface area contributed by atoms with Crippen molar-refractivity contribution in [3.63, 3.8) is 0 Å². The lowest BCUT2D eigenvalue weighted by atomic mass is 9.88. The number of methoxy groups -OCH3 is 1. The first-order valence-electron chi connectivity index (χ1n) is 8.26. The van der Waals surface area contributed by atoms with Crippen LogP contribution in [0.1, 0.15) is 43.4 Å². The van der Waals surface area contributed by atoms with Gasteiger partial charge in [-0.2, -0.15) is 0 Å². The van der Waals surface area contributed by atoms with Crippen LogP contribution in [-0.4, -0.2) is 38.7 Å². The predicted octanol–water partition coefficient (Wildman–Crippen LogP) is 3.22. The van der Waals surface area contributed by atoms with Crippen molar-refractivity contribution in [2.45, 2.75) is 38.8 Å². The van der Waals surface area contributed by atoms with Crippen LogP contribution >= 0.6 is 0 Å². The second-order valence-electron chi connectivity index (χ2n) is 6.07. The van der Waals surface area contributed by atoms with Gasteiger partial charge >= 0.3 is 0 Å². The van der Waals surface area contributed by atoms with Gasteiger partial charge < -0.3 is 10.1 Å². The number of likely N-dealkylation sites (tertiary alicyclic amines) is 1. The minimum absolute atomic E-state index is 0.529. The summed E-state index contributed by atoms with van der Waals surface area (Å²) in [5.74, 6) is 0.690. The van der Waals surface area contributed by atoms with E-state index >= 15 is 0 Å². The highest BCUT2D eigenvalue weighted by Crippen LogP contribution is 2.35. The summed E-state index contributed by atoms with van der Waals surface area (Å²) in [4.78, 5) is 2.65. The van der Waals surface area contributed by atoms with Gasteiger partial charge in [-0.3, -0.25) is 4.90 Å². The molecule has 1 aliphatic rings. The number of nitrogens with zero attached hydrogens (tertiary/aromatic N) is 1. The second-order valence-corrected chi connectivity index (χ2v) is 6.07. The van der Waals surface area contributed by atoms with Crippen molar-refractivity contribution >= 4 is 0 Å². The smallest absolute Gasteiger partial charge is 0.0713 e. The minimum Gasteiger partial charge on any atom is -0.380 e. The first-order valence-corrected chi connectivity index (χ1v) is 8.26. The Bertz CT molecular complexity index is 421. The lowest BCUT2D eigenvalue weighted by Crippen LogP contribution is -2.36. The Morgan fingerprint density at radius 1 is 1.33 bits per heavy atom. The SMILES string of the molecule is CCN1CCCCC(CNC)C1c1cccc(COC)c1. The molecule has 2 unspecified atom stereocenters. The van der Waals surface area contributed by atoms with Gasteiger partial charge in [0, 0.05) is 13.2 Å². The van der Waals surface area contributed by atoms with Crippen molar-refractivity contribution < 1.29 is 4.74 Å². The Morgan fingerprint density at radius 2 is 2.19 bits per heavy atom. The lowest BCUT2D eigenvalue weighted by Gasteiger charge is -2.35. The number of hydrogen-bond acceptors (Lipinski definition) is 3. The summed E-state index contributed by atoms with van der Waals surface area (Å²) in [6.07, 6.45) is 3.98. The molecule has 3 nitrogen and oxygen atoms in total. The van der Waals surface area contributed by atoms with Crippen LogP contribution in [-0.2, 0) is 11.3 Å². The van der Waals surface area contributed by atoms with Crippen LogP contribution in [0, 0.1) is 5.92 Å². The number of rotatable bonds is 6. The number of nitrogens with one attached hydrogen (secondary N) is 1. The van der Waals surface area contributed by atoms with Gasteiger partial charge in [0.25, 0.3) is 0 Å². The molecular formula is C18H30N2O. The molecule has 0 aromatic heterocycles. The van der Waals surface area contributed by atoms with Crippen molar-refractivity contribution in [1.82, 2.24) is 10.2 Å². The standard InChI is InChI=1S/C18H30N2O/c1-4-20-11-6-5-9-17(13-19-2)18(20)16-10-7-8-15(12-16)14-21-3/h7-8,10,12,17-19H,4-6,9,11,13-14H2,1-3H3. The van der Waals surface area contributed by atoms with Crippen molar-refractivity contribution in [2.75, 3.05) is 33.8 Å². The summed E-state index contributed by atoms with van der Waals surface area (Å²) >= 11 is 0. The van der Waals surface area contributed by atoms with Gasteiger partial charge in [-0.25, -0.2) is 0 Å². The van der Waals surface area contributed by atoms with Crippen molar-refractivity contribution in [3.8, 4) is 0 Å². The van der Waals surface area contributed by atoms with Crippen molar-refractivity contribution in [1.29, 1.82) is 0 Å². The Balaban J connectivity index is 2.29. The van der Waals surface area contributed by atoms with Crippen molar-refractivity contribution in [3.05, 3.63) is 35.4 Å². The quantitative estimate of drug-likeness (QED) is 0.870. The van der Waals surface area contributed by atoms with Crippen LogP contribution in [0.2, 0.25) is 0 Å². The van der Waals surface area contributed by atoms with Crippen LogP contribution < -0.4 is 5.32 Å². The third-order valence-corrected chi connectivity index (χ3v) is 4.59. The van der Waals surface area contributed by atoms with E-state index < -0.39 is 0 Å². The Kier molecular flexibility index (Phi) is 6.68. The van der Waals surface area contributed by atoms with E-state index in [2.05, 4.69) is 48.5 Å². The topological polar surface area (TPSA) is 24.5 Å². The molecular weight excluding hydrogens is 260 g/mol. The van der Waals surface area contributed by atoms with Crippen LogP contribution in [0.15, 0.2) is 24.3 Å². The molecule has 21 heavy (non-hydrogen) atoms. The number of hydrogen-bond donors (Lipinski definition) is 1. The Labute approximate surface area is 129 Å². The average Bonchev–Trinajstić information content (AvgIpc) is 2.70. The lowest BCUT2D eigenvalue weighted by molar-refractivity contribution is 0.161. The fraction of sp³-hybridized carbons (Fsp3) is 0.667. The maximum Gasteiger partial charge on any atom is 0.0713 e. The number of ether oxygens (including phenoxy) is 1. The van der Waals surface area contributed by atoms with Gasteiger partial charge in [-0.15, -0.1) is 0 Å². The molecule has 1 aromatic carbocycles. The second kappa shape index (κ2) is 8.52. The van der Waals surface area contributed by atoms with Gasteiger partial charge in [0.2, 0.25) is 0 Å². The molecule has 1 heterocycles. The van der Waals surface area contributed by atoms with E-state index in [1.807, 2.05) is 0 Å². The highest BCUT2D eigenvalue weighted by atomic mass is 16.5. The first kappa shape index (κ1) is 16.5. The van der Waals surface area contributed by atoms with Crippen LogP contribution in [0.4, 0.5) is 0 Å². The molecule has 2 atom stereocenters. The molecule has 0 amide bonds. The highest BCUT2D eigenvalue weighted by molar-refractivity contribution is 5.26. The normalized spacial score (nSPS) is 24.0. The van der Waals surface area contributed by atoms with Crippen LogP contribution in [0.3, 0.4) is 0 Å². The van der Waals surface area contributed by atoms with E-state index in [4.69, 9.17) is 4.74 Å². The zero-order chi connectivity index (χ0) is 15.1. The Hall–Kier alpha value is -0.900. The van der Waals surface area contributed by atoms with Crippen LogP contribution in [0.25, 0.3) is 0 Å². The molecule has 118 valence electrons. The predicted molar refractivity (Wildman–Crippen MR) is 88.4 cm³/mol. The monoisotopic (exact) mass is 290 g/mol. The maximum absolute atomic E-state index is 5.30. The molecule has 1 aliphatic heterocycles. The van der Waals surface area contributed by atoms with Gasteiger partial charge in [-0.05, 0) is 56.6 Å². The molecule has 0 spiro atoms. The maximum atomic E-state index is 5.30. The molecule has 0 saturated carbocycles. The molecule has 1 N–H and O–H groups in total. The summed E-state index contributed by atoms with van der Waals surface area (Å²) in [5, 5.41) is 3.40. The van der Waals surface area contributed by atoms with Crippen LogP contribution in [0.5, 0.6) is 0 Å².